The summed E-state index contributed by atoms with van der Waals surface area (Å²) in [6, 6.07) is 12.1. The van der Waals surface area contributed by atoms with Crippen molar-refractivity contribution in [3.8, 4) is 21.8 Å². The highest BCUT2D eigenvalue weighted by Gasteiger charge is 2.09. The van der Waals surface area contributed by atoms with Crippen LogP contribution in [0, 0.1) is 5.82 Å². The molecular formula is C15H10ClFN2S. The van der Waals surface area contributed by atoms with E-state index in [1.807, 2.05) is 29.6 Å². The lowest BCUT2D eigenvalue weighted by atomic mass is 10.1. The van der Waals surface area contributed by atoms with Crippen LogP contribution in [0.4, 0.5) is 10.1 Å². The van der Waals surface area contributed by atoms with Gasteiger partial charge in [-0.25, -0.2) is 9.37 Å². The highest BCUT2D eigenvalue weighted by molar-refractivity contribution is 7.13. The van der Waals surface area contributed by atoms with Crippen molar-refractivity contribution in [3.05, 3.63) is 58.7 Å². The van der Waals surface area contributed by atoms with E-state index in [0.717, 1.165) is 21.8 Å². The Balaban J connectivity index is 1.99. The zero-order valence-electron chi connectivity index (χ0n) is 10.3. The quantitative estimate of drug-likeness (QED) is 0.687. The maximum Gasteiger partial charge on any atom is 0.141 e. The molecule has 0 unspecified atom stereocenters. The van der Waals surface area contributed by atoms with Gasteiger partial charge < -0.3 is 5.73 Å². The lowest BCUT2D eigenvalue weighted by Crippen LogP contribution is -1.85. The van der Waals surface area contributed by atoms with Gasteiger partial charge in [0.05, 0.1) is 10.7 Å². The van der Waals surface area contributed by atoms with E-state index in [1.54, 1.807) is 12.1 Å². The second-order valence-electron chi connectivity index (χ2n) is 4.29. The fourth-order valence-corrected chi connectivity index (χ4v) is 2.87. The van der Waals surface area contributed by atoms with Crippen molar-refractivity contribution in [1.82, 2.24) is 4.98 Å². The summed E-state index contributed by atoms with van der Waals surface area (Å²) in [5, 5.41) is 2.89. The first kappa shape index (κ1) is 13.1. The van der Waals surface area contributed by atoms with E-state index in [1.165, 1.54) is 17.4 Å². The monoisotopic (exact) mass is 304 g/mol. The number of nitrogens with zero attached hydrogens (tertiary/aromatic N) is 1. The molecule has 0 saturated heterocycles. The Morgan fingerprint density at radius 2 is 1.95 bits per heavy atom. The molecule has 3 rings (SSSR count). The Labute approximate surface area is 124 Å². The third-order valence-electron chi connectivity index (χ3n) is 2.85. The van der Waals surface area contributed by atoms with Gasteiger partial charge in [0.2, 0.25) is 0 Å². The van der Waals surface area contributed by atoms with Crippen LogP contribution in [0.2, 0.25) is 5.02 Å². The van der Waals surface area contributed by atoms with Crippen molar-refractivity contribution < 1.29 is 4.39 Å². The molecule has 3 aromatic rings. The predicted octanol–water partition coefficient (Wildman–Crippen LogP) is 4.85. The summed E-state index contributed by atoms with van der Waals surface area (Å²) in [4.78, 5) is 4.54. The molecule has 0 bridgehead atoms. The molecule has 1 aromatic heterocycles. The molecule has 0 radical (unpaired) electrons. The number of benzene rings is 2. The molecule has 1 heterocycles. The van der Waals surface area contributed by atoms with Crippen LogP contribution in [0.25, 0.3) is 21.8 Å². The first-order valence-electron chi connectivity index (χ1n) is 5.90. The van der Waals surface area contributed by atoms with Gasteiger partial charge in [0.15, 0.2) is 0 Å². The molecule has 2 aromatic carbocycles. The Morgan fingerprint density at radius 3 is 2.70 bits per heavy atom. The summed E-state index contributed by atoms with van der Waals surface area (Å²) >= 11 is 7.31. The third-order valence-corrected chi connectivity index (χ3v) is 4.03. The molecular weight excluding hydrogens is 295 g/mol. The fourth-order valence-electron chi connectivity index (χ4n) is 1.87. The van der Waals surface area contributed by atoms with E-state index in [0.29, 0.717) is 5.69 Å². The minimum Gasteiger partial charge on any atom is -0.399 e. The molecule has 0 spiro atoms. The van der Waals surface area contributed by atoms with Crippen LogP contribution in [-0.2, 0) is 0 Å². The van der Waals surface area contributed by atoms with Crippen molar-refractivity contribution in [1.29, 1.82) is 0 Å². The second kappa shape index (κ2) is 5.23. The van der Waals surface area contributed by atoms with Crippen LogP contribution in [0.1, 0.15) is 0 Å². The Bertz CT molecular complexity index is 770. The molecule has 0 aliphatic rings. The maximum atomic E-state index is 13.2. The standard InChI is InChI=1S/C15H10ClFN2S/c16-12-7-9(4-5-13(12)17)14-8-20-15(19-14)10-2-1-3-11(18)6-10/h1-8H,18H2. The van der Waals surface area contributed by atoms with Crippen molar-refractivity contribution in [3.63, 3.8) is 0 Å². The molecule has 0 fully saturated rings. The van der Waals surface area contributed by atoms with Crippen LogP contribution in [0.5, 0.6) is 0 Å². The van der Waals surface area contributed by atoms with E-state index in [4.69, 9.17) is 17.3 Å². The molecule has 20 heavy (non-hydrogen) atoms. The maximum absolute atomic E-state index is 13.2. The third kappa shape index (κ3) is 2.53. The van der Waals surface area contributed by atoms with Gasteiger partial charge in [-0.2, -0.15) is 0 Å². The number of hydrogen-bond acceptors (Lipinski definition) is 3. The minimum atomic E-state index is -0.429. The van der Waals surface area contributed by atoms with Crippen molar-refractivity contribution in [2.24, 2.45) is 0 Å². The molecule has 0 aliphatic heterocycles. The van der Waals surface area contributed by atoms with E-state index in [9.17, 15) is 4.39 Å². The van der Waals surface area contributed by atoms with Gasteiger partial charge in [0.25, 0.3) is 0 Å². The number of aromatic nitrogens is 1. The van der Waals surface area contributed by atoms with E-state index >= 15 is 0 Å². The molecule has 0 amide bonds. The van der Waals surface area contributed by atoms with Crippen molar-refractivity contribution >= 4 is 28.6 Å². The van der Waals surface area contributed by atoms with Crippen LogP contribution in [-0.4, -0.2) is 4.98 Å². The molecule has 100 valence electrons. The first-order valence-corrected chi connectivity index (χ1v) is 7.16. The minimum absolute atomic E-state index is 0.0982. The summed E-state index contributed by atoms with van der Waals surface area (Å²) in [5.41, 5.74) is 9.00. The Kier molecular flexibility index (Phi) is 3.42. The van der Waals surface area contributed by atoms with Crippen molar-refractivity contribution in [2.75, 3.05) is 5.73 Å². The first-order chi connectivity index (χ1) is 9.63. The van der Waals surface area contributed by atoms with E-state index in [-0.39, 0.29) is 5.02 Å². The summed E-state index contributed by atoms with van der Waals surface area (Å²) in [5.74, 6) is -0.429. The van der Waals surface area contributed by atoms with Gasteiger partial charge in [0.1, 0.15) is 10.8 Å². The molecule has 0 atom stereocenters. The number of anilines is 1. The number of nitrogens with two attached hydrogens (primary N) is 1. The van der Waals surface area contributed by atoms with Crippen LogP contribution in [0.15, 0.2) is 47.8 Å². The number of halogens is 2. The largest absolute Gasteiger partial charge is 0.399 e. The molecule has 2 nitrogen and oxygen atoms in total. The average Bonchev–Trinajstić information content (AvgIpc) is 2.92. The van der Waals surface area contributed by atoms with Crippen LogP contribution < -0.4 is 5.73 Å². The molecule has 0 saturated carbocycles. The van der Waals surface area contributed by atoms with E-state index in [2.05, 4.69) is 4.98 Å². The molecule has 5 heteroatoms. The number of thiazole rings is 1. The number of nitrogen functional groups attached to an aromatic ring is 1. The predicted molar refractivity (Wildman–Crippen MR) is 82.4 cm³/mol. The Morgan fingerprint density at radius 1 is 1.10 bits per heavy atom. The van der Waals surface area contributed by atoms with Gasteiger partial charge in [0, 0.05) is 22.2 Å². The smallest absolute Gasteiger partial charge is 0.141 e. The van der Waals surface area contributed by atoms with Gasteiger partial charge in [-0.05, 0) is 30.3 Å². The summed E-state index contributed by atoms with van der Waals surface area (Å²) in [7, 11) is 0. The van der Waals surface area contributed by atoms with Gasteiger partial charge in [-0.15, -0.1) is 11.3 Å². The Hall–Kier alpha value is -1.91. The SMILES string of the molecule is Nc1cccc(-c2nc(-c3ccc(F)c(Cl)c3)cs2)c1. The number of rotatable bonds is 2. The van der Waals surface area contributed by atoms with Gasteiger partial charge in [-0.1, -0.05) is 23.7 Å². The topological polar surface area (TPSA) is 38.9 Å². The van der Waals surface area contributed by atoms with Gasteiger partial charge in [-0.3, -0.25) is 0 Å². The van der Waals surface area contributed by atoms with Crippen LogP contribution >= 0.6 is 22.9 Å². The lowest BCUT2D eigenvalue weighted by Gasteiger charge is -1.99. The van der Waals surface area contributed by atoms with E-state index < -0.39 is 5.82 Å². The highest BCUT2D eigenvalue weighted by atomic mass is 35.5. The second-order valence-corrected chi connectivity index (χ2v) is 5.56. The highest BCUT2D eigenvalue weighted by Crippen LogP contribution is 2.31. The normalized spacial score (nSPS) is 10.7. The zero-order valence-corrected chi connectivity index (χ0v) is 11.9. The summed E-state index contributed by atoms with van der Waals surface area (Å²) in [6.45, 7) is 0. The van der Waals surface area contributed by atoms with Gasteiger partial charge >= 0.3 is 0 Å². The summed E-state index contributed by atoms with van der Waals surface area (Å²) < 4.78 is 13.2. The lowest BCUT2D eigenvalue weighted by molar-refractivity contribution is 0.628. The molecule has 0 aliphatic carbocycles. The molecule has 2 N–H and O–H groups in total. The van der Waals surface area contributed by atoms with Crippen molar-refractivity contribution in [2.45, 2.75) is 0 Å². The average molecular weight is 305 g/mol. The fraction of sp³-hybridized carbons (Fsp3) is 0. The summed E-state index contributed by atoms with van der Waals surface area (Å²) in [6.07, 6.45) is 0. The van der Waals surface area contributed by atoms with Crippen LogP contribution in [0.3, 0.4) is 0 Å². The zero-order chi connectivity index (χ0) is 14.1. The number of hydrogen-bond donors (Lipinski definition) is 1.